The van der Waals surface area contributed by atoms with Crippen LogP contribution in [-0.4, -0.2) is 51.1 Å². The van der Waals surface area contributed by atoms with E-state index in [1.807, 2.05) is 13.8 Å². The number of hydrogen-bond donors (Lipinski definition) is 2. The van der Waals surface area contributed by atoms with E-state index in [2.05, 4.69) is 10.6 Å². The summed E-state index contributed by atoms with van der Waals surface area (Å²) in [6.07, 6.45) is 1.62. The number of nitrogens with zero attached hydrogens (tertiary/aromatic N) is 1. The highest BCUT2D eigenvalue weighted by Crippen LogP contribution is 2.27. The second kappa shape index (κ2) is 8.84. The highest BCUT2D eigenvalue weighted by molar-refractivity contribution is 7.89. The number of halogens is 1. The van der Waals surface area contributed by atoms with Crippen molar-refractivity contribution in [1.82, 2.24) is 9.62 Å². The molecule has 0 atom stereocenters. The molecule has 1 fully saturated rings. The molecule has 1 heterocycles. The number of benzene rings is 1. The van der Waals surface area contributed by atoms with Crippen LogP contribution in [0, 0.1) is 0 Å². The van der Waals surface area contributed by atoms with E-state index in [4.69, 9.17) is 16.3 Å². The van der Waals surface area contributed by atoms with E-state index < -0.39 is 16.1 Å². The SMILES string of the molecule is CCC(CC)NC(=O)Nc1cc(S(=O)(=O)N2CCOCC2)ccc1Cl. The van der Waals surface area contributed by atoms with E-state index >= 15 is 0 Å². The number of amides is 2. The number of sulfonamides is 1. The number of nitrogens with one attached hydrogen (secondary N) is 2. The van der Waals surface area contributed by atoms with Crippen LogP contribution in [0.3, 0.4) is 0 Å². The molecule has 9 heteroatoms. The van der Waals surface area contributed by atoms with Gasteiger partial charge >= 0.3 is 6.03 Å². The molecule has 0 bridgehead atoms. The average Bonchev–Trinajstić information content (AvgIpc) is 2.62. The Morgan fingerprint density at radius 2 is 1.92 bits per heavy atom. The Bertz CT molecular complexity index is 701. The molecule has 0 aliphatic carbocycles. The van der Waals surface area contributed by atoms with Crippen LogP contribution in [0.1, 0.15) is 26.7 Å². The number of anilines is 1. The minimum absolute atomic E-state index is 0.0547. The van der Waals surface area contributed by atoms with Crippen LogP contribution in [0.5, 0.6) is 0 Å². The molecule has 1 aliphatic heterocycles. The summed E-state index contributed by atoms with van der Waals surface area (Å²) in [7, 11) is -3.65. The summed E-state index contributed by atoms with van der Waals surface area (Å²) in [5.41, 5.74) is 0.263. The minimum atomic E-state index is -3.65. The van der Waals surface area contributed by atoms with Crippen molar-refractivity contribution in [3.63, 3.8) is 0 Å². The molecule has 0 saturated carbocycles. The first-order valence-electron chi connectivity index (χ1n) is 8.33. The van der Waals surface area contributed by atoms with Crippen molar-refractivity contribution < 1.29 is 17.9 Å². The number of morpholine rings is 1. The summed E-state index contributed by atoms with van der Waals surface area (Å²) in [6.45, 7) is 5.32. The van der Waals surface area contributed by atoms with Gasteiger partial charge < -0.3 is 15.4 Å². The maximum atomic E-state index is 12.7. The topological polar surface area (TPSA) is 87.7 Å². The molecule has 140 valence electrons. The minimum Gasteiger partial charge on any atom is -0.379 e. The molecule has 0 aromatic heterocycles. The van der Waals surface area contributed by atoms with E-state index in [9.17, 15) is 13.2 Å². The van der Waals surface area contributed by atoms with Gasteiger partial charge in [0, 0.05) is 19.1 Å². The largest absolute Gasteiger partial charge is 0.379 e. The van der Waals surface area contributed by atoms with E-state index in [1.54, 1.807) is 0 Å². The summed E-state index contributed by atoms with van der Waals surface area (Å²) in [5.74, 6) is 0. The summed E-state index contributed by atoms with van der Waals surface area (Å²) in [6, 6.07) is 3.95. The molecule has 25 heavy (non-hydrogen) atoms. The first-order valence-corrected chi connectivity index (χ1v) is 10.1. The predicted octanol–water partition coefficient (Wildman–Crippen LogP) is 2.67. The van der Waals surface area contributed by atoms with Gasteiger partial charge in [0.05, 0.1) is 28.8 Å². The van der Waals surface area contributed by atoms with Gasteiger partial charge in [-0.25, -0.2) is 13.2 Å². The van der Waals surface area contributed by atoms with E-state index in [0.29, 0.717) is 26.3 Å². The Morgan fingerprint density at radius 1 is 1.28 bits per heavy atom. The van der Waals surface area contributed by atoms with Crippen LogP contribution in [0.4, 0.5) is 10.5 Å². The molecule has 2 N–H and O–H groups in total. The van der Waals surface area contributed by atoms with Crippen molar-refractivity contribution in [2.75, 3.05) is 31.6 Å². The lowest BCUT2D eigenvalue weighted by Gasteiger charge is -2.26. The third-order valence-corrected chi connectivity index (χ3v) is 6.34. The molecule has 2 rings (SSSR count). The van der Waals surface area contributed by atoms with Gasteiger partial charge in [-0.2, -0.15) is 4.31 Å². The zero-order valence-electron chi connectivity index (χ0n) is 14.4. The summed E-state index contributed by atoms with van der Waals surface area (Å²) in [5, 5.41) is 5.74. The van der Waals surface area contributed by atoms with E-state index in [-0.39, 0.29) is 21.6 Å². The third-order valence-electron chi connectivity index (χ3n) is 4.11. The zero-order valence-corrected chi connectivity index (χ0v) is 16.0. The van der Waals surface area contributed by atoms with Crippen molar-refractivity contribution in [2.45, 2.75) is 37.6 Å². The Morgan fingerprint density at radius 3 is 2.52 bits per heavy atom. The van der Waals surface area contributed by atoms with Gasteiger partial charge in [0.1, 0.15) is 0 Å². The third kappa shape index (κ3) is 5.07. The fourth-order valence-corrected chi connectivity index (χ4v) is 4.13. The molecule has 0 spiro atoms. The maximum absolute atomic E-state index is 12.7. The van der Waals surface area contributed by atoms with E-state index in [1.165, 1.54) is 22.5 Å². The molecule has 1 aromatic rings. The van der Waals surface area contributed by atoms with Gasteiger partial charge in [-0.3, -0.25) is 0 Å². The lowest BCUT2D eigenvalue weighted by molar-refractivity contribution is 0.0730. The fraction of sp³-hybridized carbons (Fsp3) is 0.562. The molecule has 7 nitrogen and oxygen atoms in total. The van der Waals surface area contributed by atoms with Crippen molar-refractivity contribution >= 4 is 33.3 Å². The molecular weight excluding hydrogens is 366 g/mol. The number of ether oxygens (including phenoxy) is 1. The lowest BCUT2D eigenvalue weighted by atomic mass is 10.2. The van der Waals surface area contributed by atoms with Crippen LogP contribution in [0.2, 0.25) is 5.02 Å². The predicted molar refractivity (Wildman–Crippen MR) is 97.6 cm³/mol. The maximum Gasteiger partial charge on any atom is 0.319 e. The Balaban J connectivity index is 2.18. The van der Waals surface area contributed by atoms with Crippen molar-refractivity contribution in [1.29, 1.82) is 0 Å². The standard InChI is InChI=1S/C16H24ClN3O4S/c1-3-12(4-2)18-16(21)19-15-11-13(5-6-14(15)17)25(22,23)20-7-9-24-10-8-20/h5-6,11-12H,3-4,7-10H2,1-2H3,(H2,18,19,21). The number of hydrogen-bond acceptors (Lipinski definition) is 4. The summed E-state index contributed by atoms with van der Waals surface area (Å²) in [4.78, 5) is 12.2. The van der Waals surface area contributed by atoms with Crippen LogP contribution >= 0.6 is 11.6 Å². The van der Waals surface area contributed by atoms with Gasteiger partial charge in [0.15, 0.2) is 0 Å². The first-order chi connectivity index (χ1) is 11.9. The summed E-state index contributed by atoms with van der Waals surface area (Å²) >= 11 is 6.11. The monoisotopic (exact) mass is 389 g/mol. The van der Waals surface area contributed by atoms with Crippen molar-refractivity contribution in [3.05, 3.63) is 23.2 Å². The van der Waals surface area contributed by atoms with Crippen molar-refractivity contribution in [2.24, 2.45) is 0 Å². The zero-order chi connectivity index (χ0) is 18.4. The second-order valence-corrected chi connectivity index (χ2v) is 8.12. The smallest absolute Gasteiger partial charge is 0.319 e. The molecule has 0 radical (unpaired) electrons. The number of urea groups is 1. The molecule has 0 unspecified atom stereocenters. The number of carbonyl (C=O) groups is 1. The van der Waals surface area contributed by atoms with Crippen molar-refractivity contribution in [3.8, 4) is 0 Å². The van der Waals surface area contributed by atoms with Gasteiger partial charge in [-0.15, -0.1) is 0 Å². The highest BCUT2D eigenvalue weighted by atomic mass is 35.5. The number of carbonyl (C=O) groups excluding carboxylic acids is 1. The lowest BCUT2D eigenvalue weighted by Crippen LogP contribution is -2.40. The van der Waals surface area contributed by atoms with Crippen LogP contribution in [-0.2, 0) is 14.8 Å². The van der Waals surface area contributed by atoms with Gasteiger partial charge in [-0.1, -0.05) is 25.4 Å². The molecule has 1 saturated heterocycles. The molecular formula is C16H24ClN3O4S. The van der Waals surface area contributed by atoms with Gasteiger partial charge in [0.2, 0.25) is 10.0 Å². The normalized spacial score (nSPS) is 16.0. The van der Waals surface area contributed by atoms with Crippen LogP contribution < -0.4 is 10.6 Å². The first kappa shape index (κ1) is 20.0. The molecule has 1 aromatic carbocycles. The van der Waals surface area contributed by atoms with E-state index in [0.717, 1.165) is 12.8 Å². The van der Waals surface area contributed by atoms with Crippen LogP contribution in [0.25, 0.3) is 0 Å². The molecule has 2 amide bonds. The highest BCUT2D eigenvalue weighted by Gasteiger charge is 2.27. The fourth-order valence-electron chi connectivity index (χ4n) is 2.53. The second-order valence-electron chi connectivity index (χ2n) is 5.77. The summed E-state index contributed by atoms with van der Waals surface area (Å²) < 4.78 is 32.0. The Kier molecular flexibility index (Phi) is 7.06. The average molecular weight is 390 g/mol. The number of rotatable bonds is 6. The van der Waals surface area contributed by atoms with Gasteiger partial charge in [0.25, 0.3) is 0 Å². The Hall–Kier alpha value is -1.35. The van der Waals surface area contributed by atoms with Crippen LogP contribution in [0.15, 0.2) is 23.1 Å². The Labute approximate surface area is 153 Å². The quantitative estimate of drug-likeness (QED) is 0.782. The van der Waals surface area contributed by atoms with Gasteiger partial charge in [-0.05, 0) is 31.0 Å². The molecule has 1 aliphatic rings.